The summed E-state index contributed by atoms with van der Waals surface area (Å²) in [7, 11) is -3.84. The van der Waals surface area contributed by atoms with E-state index in [1.54, 1.807) is 35.2 Å². The van der Waals surface area contributed by atoms with Crippen LogP contribution < -0.4 is 14.2 Å². The van der Waals surface area contributed by atoms with Crippen LogP contribution in [0.15, 0.2) is 47.4 Å². The first kappa shape index (κ1) is 20.0. The van der Waals surface area contributed by atoms with Crippen LogP contribution in [0.5, 0.6) is 11.5 Å². The van der Waals surface area contributed by atoms with Gasteiger partial charge in [-0.3, -0.25) is 9.52 Å². The Bertz CT molecular complexity index is 955. The minimum Gasteiger partial charge on any atom is -0.490 e. The standard InChI is InChI=1S/C20H24N2O5S/c1-3-22(4-2)20(23)15-7-5-8-16(13-15)21-28(24,25)17-9-10-18-19(14-17)27-12-6-11-26-18/h5,7-10,13-14,21H,3-4,6,11-12H2,1-2H3. The fraction of sp³-hybridized carbons (Fsp3) is 0.350. The second kappa shape index (κ2) is 8.52. The van der Waals surface area contributed by atoms with Crippen LogP contribution in [-0.2, 0) is 10.0 Å². The Hall–Kier alpha value is -2.74. The first-order valence-electron chi connectivity index (χ1n) is 9.26. The third-order valence-corrected chi connectivity index (χ3v) is 5.82. The third-order valence-electron chi connectivity index (χ3n) is 4.44. The summed E-state index contributed by atoms with van der Waals surface area (Å²) in [6.07, 6.45) is 0.738. The number of benzene rings is 2. The molecule has 0 radical (unpaired) electrons. The number of amides is 1. The van der Waals surface area contributed by atoms with Gasteiger partial charge in [0.25, 0.3) is 15.9 Å². The normalized spacial score (nSPS) is 13.5. The van der Waals surface area contributed by atoms with Gasteiger partial charge in [0.15, 0.2) is 11.5 Å². The number of hydrogen-bond acceptors (Lipinski definition) is 5. The monoisotopic (exact) mass is 404 g/mol. The Balaban J connectivity index is 1.84. The van der Waals surface area contributed by atoms with E-state index in [4.69, 9.17) is 9.47 Å². The molecule has 0 saturated heterocycles. The van der Waals surface area contributed by atoms with E-state index in [2.05, 4.69) is 4.72 Å². The first-order chi connectivity index (χ1) is 13.4. The number of nitrogens with one attached hydrogen (secondary N) is 1. The Kier molecular flexibility index (Phi) is 6.08. The summed E-state index contributed by atoms with van der Waals surface area (Å²) < 4.78 is 39.2. The molecule has 0 saturated carbocycles. The van der Waals surface area contributed by atoms with Gasteiger partial charge in [0, 0.05) is 36.8 Å². The molecule has 0 aromatic heterocycles. The molecule has 1 amide bonds. The molecule has 1 aliphatic rings. The van der Waals surface area contributed by atoms with Crippen LogP contribution in [0.4, 0.5) is 5.69 Å². The topological polar surface area (TPSA) is 84.9 Å². The molecule has 7 nitrogen and oxygen atoms in total. The van der Waals surface area contributed by atoms with Gasteiger partial charge in [-0.2, -0.15) is 0 Å². The van der Waals surface area contributed by atoms with Crippen LogP contribution in [0.25, 0.3) is 0 Å². The third kappa shape index (κ3) is 4.39. The molecular formula is C20H24N2O5S. The van der Waals surface area contributed by atoms with Crippen molar-refractivity contribution >= 4 is 21.6 Å². The van der Waals surface area contributed by atoms with Gasteiger partial charge in [0.2, 0.25) is 0 Å². The Morgan fingerprint density at radius 2 is 1.75 bits per heavy atom. The van der Waals surface area contributed by atoms with E-state index in [9.17, 15) is 13.2 Å². The van der Waals surface area contributed by atoms with Gasteiger partial charge in [0.05, 0.1) is 18.1 Å². The molecule has 8 heteroatoms. The summed E-state index contributed by atoms with van der Waals surface area (Å²) in [6, 6.07) is 11.0. The highest BCUT2D eigenvalue weighted by Gasteiger charge is 2.20. The molecule has 1 aliphatic heterocycles. The van der Waals surface area contributed by atoms with E-state index in [0.717, 1.165) is 6.42 Å². The molecule has 1 heterocycles. The summed E-state index contributed by atoms with van der Waals surface area (Å²) in [5, 5.41) is 0. The number of ether oxygens (including phenoxy) is 2. The van der Waals surface area contributed by atoms with Gasteiger partial charge >= 0.3 is 0 Å². The molecule has 0 unspecified atom stereocenters. The van der Waals surface area contributed by atoms with Gasteiger partial charge in [0.1, 0.15) is 0 Å². The van der Waals surface area contributed by atoms with Crippen LogP contribution in [-0.4, -0.2) is 45.5 Å². The Morgan fingerprint density at radius 1 is 1.04 bits per heavy atom. The van der Waals surface area contributed by atoms with Crippen LogP contribution in [0, 0.1) is 0 Å². The molecule has 0 spiro atoms. The van der Waals surface area contributed by atoms with Crippen molar-refractivity contribution in [2.45, 2.75) is 25.2 Å². The average molecular weight is 404 g/mol. The molecule has 28 heavy (non-hydrogen) atoms. The molecular weight excluding hydrogens is 380 g/mol. The molecule has 0 atom stereocenters. The van der Waals surface area contributed by atoms with Gasteiger partial charge in [-0.05, 0) is 44.2 Å². The maximum Gasteiger partial charge on any atom is 0.262 e. The number of hydrogen-bond donors (Lipinski definition) is 1. The van der Waals surface area contributed by atoms with Crippen molar-refractivity contribution in [3.05, 3.63) is 48.0 Å². The molecule has 3 rings (SSSR count). The number of sulfonamides is 1. The van der Waals surface area contributed by atoms with E-state index in [-0.39, 0.29) is 10.8 Å². The number of carbonyl (C=O) groups is 1. The number of fused-ring (bicyclic) bond motifs is 1. The van der Waals surface area contributed by atoms with Gasteiger partial charge in [-0.1, -0.05) is 6.07 Å². The van der Waals surface area contributed by atoms with Crippen LogP contribution in [0.2, 0.25) is 0 Å². The summed E-state index contributed by atoms with van der Waals surface area (Å²) >= 11 is 0. The maximum atomic E-state index is 12.8. The lowest BCUT2D eigenvalue weighted by atomic mass is 10.2. The fourth-order valence-electron chi connectivity index (χ4n) is 2.93. The number of carbonyl (C=O) groups excluding carboxylic acids is 1. The molecule has 0 fully saturated rings. The van der Waals surface area contributed by atoms with Crippen molar-refractivity contribution in [1.82, 2.24) is 4.90 Å². The van der Waals surface area contributed by atoms with Crippen molar-refractivity contribution in [3.8, 4) is 11.5 Å². The highest BCUT2D eigenvalue weighted by molar-refractivity contribution is 7.92. The van der Waals surface area contributed by atoms with E-state index in [1.165, 1.54) is 12.1 Å². The zero-order chi connectivity index (χ0) is 20.1. The minimum atomic E-state index is -3.84. The predicted octanol–water partition coefficient (Wildman–Crippen LogP) is 3.13. The number of rotatable bonds is 6. The highest BCUT2D eigenvalue weighted by Crippen LogP contribution is 2.32. The quantitative estimate of drug-likeness (QED) is 0.800. The molecule has 1 N–H and O–H groups in total. The lowest BCUT2D eigenvalue weighted by Gasteiger charge is -2.19. The maximum absolute atomic E-state index is 12.8. The predicted molar refractivity (Wildman–Crippen MR) is 107 cm³/mol. The van der Waals surface area contributed by atoms with Crippen molar-refractivity contribution in [2.75, 3.05) is 31.0 Å². The van der Waals surface area contributed by atoms with Crippen LogP contribution in [0.3, 0.4) is 0 Å². The summed E-state index contributed by atoms with van der Waals surface area (Å²) in [6.45, 7) is 5.98. The van der Waals surface area contributed by atoms with Crippen molar-refractivity contribution in [1.29, 1.82) is 0 Å². The second-order valence-corrected chi connectivity index (χ2v) is 8.01. The SMILES string of the molecule is CCN(CC)C(=O)c1cccc(NS(=O)(=O)c2ccc3c(c2)OCCCO3)c1. The Labute approximate surface area is 165 Å². The molecule has 2 aromatic rings. The van der Waals surface area contributed by atoms with E-state index < -0.39 is 10.0 Å². The first-order valence-corrected chi connectivity index (χ1v) is 10.7. The van der Waals surface area contributed by atoms with E-state index in [1.807, 2.05) is 13.8 Å². The lowest BCUT2D eigenvalue weighted by Crippen LogP contribution is -2.30. The second-order valence-electron chi connectivity index (χ2n) is 6.32. The smallest absolute Gasteiger partial charge is 0.262 e. The van der Waals surface area contributed by atoms with Crippen LogP contribution >= 0.6 is 0 Å². The van der Waals surface area contributed by atoms with Gasteiger partial charge in [-0.25, -0.2) is 8.42 Å². The summed E-state index contributed by atoms with van der Waals surface area (Å²) in [5.74, 6) is 0.802. The largest absolute Gasteiger partial charge is 0.490 e. The van der Waals surface area contributed by atoms with Crippen LogP contribution in [0.1, 0.15) is 30.6 Å². The fourth-order valence-corrected chi connectivity index (χ4v) is 4.00. The molecule has 150 valence electrons. The highest BCUT2D eigenvalue weighted by atomic mass is 32.2. The van der Waals surface area contributed by atoms with Gasteiger partial charge in [-0.15, -0.1) is 0 Å². The van der Waals surface area contributed by atoms with Gasteiger partial charge < -0.3 is 14.4 Å². The van der Waals surface area contributed by atoms with E-state index in [0.29, 0.717) is 49.1 Å². The average Bonchev–Trinajstić information content (AvgIpc) is 2.93. The van der Waals surface area contributed by atoms with E-state index >= 15 is 0 Å². The zero-order valence-corrected chi connectivity index (χ0v) is 16.8. The molecule has 0 bridgehead atoms. The lowest BCUT2D eigenvalue weighted by molar-refractivity contribution is 0.0773. The molecule has 2 aromatic carbocycles. The zero-order valence-electron chi connectivity index (χ0n) is 16.0. The Morgan fingerprint density at radius 3 is 2.46 bits per heavy atom. The summed E-state index contributed by atoms with van der Waals surface area (Å²) in [4.78, 5) is 14.3. The summed E-state index contributed by atoms with van der Waals surface area (Å²) in [5.41, 5.74) is 0.757. The minimum absolute atomic E-state index is 0.0669. The van der Waals surface area contributed by atoms with Crippen molar-refractivity contribution in [2.24, 2.45) is 0 Å². The van der Waals surface area contributed by atoms with Crippen molar-refractivity contribution < 1.29 is 22.7 Å². The molecule has 0 aliphatic carbocycles. The van der Waals surface area contributed by atoms with Crippen molar-refractivity contribution in [3.63, 3.8) is 0 Å². The number of anilines is 1. The number of nitrogens with zero attached hydrogens (tertiary/aromatic N) is 1.